The number of carboxylic acids is 1. The van der Waals surface area contributed by atoms with E-state index in [0.29, 0.717) is 74.0 Å². The fourth-order valence-electron chi connectivity index (χ4n) is 5.15. The molecular formula is C28H24FN5O6S. The van der Waals surface area contributed by atoms with Crippen molar-refractivity contribution in [2.75, 3.05) is 38.2 Å². The number of pyridine rings is 2. The molecule has 210 valence electrons. The van der Waals surface area contributed by atoms with Gasteiger partial charge in [0.15, 0.2) is 0 Å². The summed E-state index contributed by atoms with van der Waals surface area (Å²) >= 11 is 0. The average Bonchev–Trinajstić information content (AvgIpc) is 3.43. The number of nitrogens with one attached hydrogen (secondary N) is 1. The Bertz CT molecular complexity index is 1820. The van der Waals surface area contributed by atoms with Gasteiger partial charge in [0.25, 0.3) is 0 Å². The van der Waals surface area contributed by atoms with Crippen molar-refractivity contribution in [2.24, 2.45) is 4.36 Å². The molecule has 4 aromatic rings. The van der Waals surface area contributed by atoms with Gasteiger partial charge in [-0.1, -0.05) is 0 Å². The molecular weight excluding hydrogens is 553 g/mol. The monoisotopic (exact) mass is 577 g/mol. The number of benzene rings is 2. The number of hydrogen-bond acceptors (Lipinski definition) is 10. The van der Waals surface area contributed by atoms with Crippen LogP contribution in [0.4, 0.5) is 21.5 Å². The number of aromatic nitrogens is 2. The number of fused-ring (bicyclic) bond motifs is 2. The van der Waals surface area contributed by atoms with Crippen LogP contribution in [0.15, 0.2) is 53.3 Å². The first-order valence-corrected chi connectivity index (χ1v) is 13.9. The van der Waals surface area contributed by atoms with E-state index in [1.807, 2.05) is 0 Å². The Labute approximate surface area is 235 Å². The maximum atomic E-state index is 15.9. The Kier molecular flexibility index (Phi) is 7.30. The Morgan fingerprint density at radius 1 is 1.10 bits per heavy atom. The van der Waals surface area contributed by atoms with Crippen LogP contribution in [0, 0.1) is 5.82 Å². The third-order valence-electron chi connectivity index (χ3n) is 6.99. The van der Waals surface area contributed by atoms with Crippen LogP contribution in [0.3, 0.4) is 0 Å². The second-order valence-electron chi connectivity index (χ2n) is 9.69. The minimum atomic E-state index is -2.85. The fraction of sp³-hybridized carbons (Fsp3) is 0.250. The predicted octanol–water partition coefficient (Wildman–Crippen LogP) is 4.34. The number of anilines is 2. The molecule has 2 aliphatic rings. The van der Waals surface area contributed by atoms with Crippen molar-refractivity contribution >= 4 is 44.4 Å². The van der Waals surface area contributed by atoms with Crippen LogP contribution in [0.25, 0.3) is 22.0 Å². The zero-order chi connectivity index (χ0) is 28.5. The normalized spacial score (nSPS) is 14.9. The lowest BCUT2D eigenvalue weighted by Crippen LogP contribution is -2.35. The molecule has 41 heavy (non-hydrogen) atoms. The largest absolute Gasteiger partial charge is 0.492 e. The highest BCUT2D eigenvalue weighted by molar-refractivity contribution is 7.61. The first-order valence-electron chi connectivity index (χ1n) is 12.8. The molecule has 2 aromatic carbocycles. The van der Waals surface area contributed by atoms with Crippen LogP contribution in [0.5, 0.6) is 5.75 Å². The molecule has 2 aliphatic heterocycles. The Morgan fingerprint density at radius 2 is 1.93 bits per heavy atom. The maximum absolute atomic E-state index is 15.9. The Morgan fingerprint density at radius 3 is 2.71 bits per heavy atom. The molecule has 6 rings (SSSR count). The molecule has 1 saturated heterocycles. The smallest absolute Gasteiger partial charge is 0.335 e. The molecule has 1 fully saturated rings. The van der Waals surface area contributed by atoms with Gasteiger partial charge in [-0.05, 0) is 41.5 Å². The van der Waals surface area contributed by atoms with Crippen LogP contribution in [-0.2, 0) is 28.2 Å². The second-order valence-corrected chi connectivity index (χ2v) is 10.3. The summed E-state index contributed by atoms with van der Waals surface area (Å²) in [5.41, 5.74) is 3.26. The Balaban J connectivity index is 1.46. The molecule has 0 bridgehead atoms. The lowest BCUT2D eigenvalue weighted by molar-refractivity contribution is 0.0341. The quantitative estimate of drug-likeness (QED) is 0.326. The molecule has 4 heterocycles. The number of carboxylic acid groups (broad SMARTS) is 1. The summed E-state index contributed by atoms with van der Waals surface area (Å²) in [5.74, 6) is -1.17. The fourth-order valence-corrected chi connectivity index (χ4v) is 5.45. The van der Waals surface area contributed by atoms with Crippen molar-refractivity contribution in [3.8, 4) is 16.9 Å². The zero-order valence-electron chi connectivity index (χ0n) is 21.6. The number of aromatic carboxylic acids is 1. The van der Waals surface area contributed by atoms with E-state index in [9.17, 15) is 18.3 Å². The number of rotatable bonds is 7. The third kappa shape index (κ3) is 5.59. The molecule has 11 nitrogen and oxygen atoms in total. The molecule has 0 radical (unpaired) electrons. The topological polar surface area (TPSA) is 143 Å². The molecule has 0 aliphatic carbocycles. The van der Waals surface area contributed by atoms with Gasteiger partial charge in [0, 0.05) is 55.3 Å². The van der Waals surface area contributed by atoms with Crippen LogP contribution in [-0.4, -0.2) is 67.3 Å². The lowest BCUT2D eigenvalue weighted by atomic mass is 10.0. The first kappa shape index (κ1) is 26.7. The van der Waals surface area contributed by atoms with E-state index in [1.54, 1.807) is 30.6 Å². The van der Waals surface area contributed by atoms with Crippen LogP contribution in [0.1, 0.15) is 21.5 Å². The molecule has 0 spiro atoms. The predicted molar refractivity (Wildman–Crippen MR) is 148 cm³/mol. The number of ether oxygens (including phenoxy) is 2. The Hall–Kier alpha value is -4.46. The van der Waals surface area contributed by atoms with Gasteiger partial charge in [0.1, 0.15) is 17.3 Å². The van der Waals surface area contributed by atoms with Crippen molar-refractivity contribution in [1.82, 2.24) is 14.9 Å². The number of hydrogen-bond donors (Lipinski definition) is 2. The number of carbonyl (C=O) groups is 1. The van der Waals surface area contributed by atoms with Crippen LogP contribution in [0.2, 0.25) is 0 Å². The second kappa shape index (κ2) is 11.2. The maximum Gasteiger partial charge on any atom is 0.335 e. The van der Waals surface area contributed by atoms with Gasteiger partial charge in [0.05, 0.1) is 48.2 Å². The number of morpholine rings is 1. The zero-order valence-corrected chi connectivity index (χ0v) is 22.4. The highest BCUT2D eigenvalue weighted by atomic mass is 32.2. The van der Waals surface area contributed by atoms with Crippen molar-refractivity contribution in [2.45, 2.75) is 13.0 Å². The van der Waals surface area contributed by atoms with Crippen LogP contribution >= 0.6 is 0 Å². The van der Waals surface area contributed by atoms with E-state index in [1.165, 1.54) is 18.3 Å². The van der Waals surface area contributed by atoms with Crippen LogP contribution < -0.4 is 10.1 Å². The van der Waals surface area contributed by atoms with Crippen molar-refractivity contribution in [3.05, 3.63) is 71.4 Å². The number of halogens is 1. The summed E-state index contributed by atoms with van der Waals surface area (Å²) in [7, 11) is -2.85. The SMILES string of the molecule is O=C(O)c1cc(CN2CCOCC2)cc(Nc2c(N=S(=O)=O)cnc3cc(-c4cncc5c4OCC5)cc(F)c23)c1. The molecule has 2 aromatic heterocycles. The molecule has 0 saturated carbocycles. The molecule has 0 unspecified atom stereocenters. The van der Waals surface area contributed by atoms with E-state index < -0.39 is 22.3 Å². The van der Waals surface area contributed by atoms with Gasteiger partial charge in [-0.2, -0.15) is 8.42 Å². The summed E-state index contributed by atoms with van der Waals surface area (Å²) < 4.78 is 53.7. The minimum Gasteiger partial charge on any atom is -0.492 e. The highest BCUT2D eigenvalue weighted by Gasteiger charge is 2.22. The first-order chi connectivity index (χ1) is 19.9. The van der Waals surface area contributed by atoms with Gasteiger partial charge in [0.2, 0.25) is 0 Å². The van der Waals surface area contributed by atoms with Crippen molar-refractivity contribution in [1.29, 1.82) is 0 Å². The molecule has 2 N–H and O–H groups in total. The molecule has 0 atom stereocenters. The lowest BCUT2D eigenvalue weighted by Gasteiger charge is -2.27. The van der Waals surface area contributed by atoms with Gasteiger partial charge >= 0.3 is 16.5 Å². The summed E-state index contributed by atoms with van der Waals surface area (Å²) in [4.78, 5) is 22.6. The summed E-state index contributed by atoms with van der Waals surface area (Å²) in [6, 6.07) is 7.70. The standard InChI is InChI=1S/C28H24FN5O6S/c29-22-10-18(21-13-30-12-17-1-4-40-27(17)21)11-23-25(22)26(24(14-31-23)33-41(37)38)32-20-8-16(7-19(9-20)28(35)36)15-34-2-5-39-6-3-34/h7-14H,1-6,15H2,(H,31,32)(H,35,36). The van der Waals surface area contributed by atoms with E-state index in [4.69, 9.17) is 9.47 Å². The minimum absolute atomic E-state index is 0.00244. The highest BCUT2D eigenvalue weighted by Crippen LogP contribution is 2.41. The summed E-state index contributed by atoms with van der Waals surface area (Å²) in [6.45, 7) is 3.56. The van der Waals surface area contributed by atoms with Gasteiger partial charge in [-0.25, -0.2) is 9.18 Å². The summed E-state index contributed by atoms with van der Waals surface area (Å²) in [5, 5.41) is 12.8. The molecule has 0 amide bonds. The average molecular weight is 578 g/mol. The van der Waals surface area contributed by atoms with Gasteiger partial charge < -0.3 is 19.9 Å². The van der Waals surface area contributed by atoms with Gasteiger partial charge in [-0.15, -0.1) is 4.36 Å². The van der Waals surface area contributed by atoms with E-state index in [0.717, 1.165) is 5.56 Å². The van der Waals surface area contributed by atoms with Crippen molar-refractivity contribution in [3.63, 3.8) is 0 Å². The number of nitrogens with zero attached hydrogens (tertiary/aromatic N) is 4. The van der Waals surface area contributed by atoms with E-state index in [2.05, 4.69) is 24.5 Å². The third-order valence-corrected chi connectivity index (χ3v) is 7.34. The van der Waals surface area contributed by atoms with Gasteiger partial charge in [-0.3, -0.25) is 14.9 Å². The van der Waals surface area contributed by atoms with E-state index in [-0.39, 0.29) is 27.8 Å². The van der Waals surface area contributed by atoms with E-state index >= 15 is 4.39 Å². The van der Waals surface area contributed by atoms with Crippen molar-refractivity contribution < 1.29 is 32.2 Å². The summed E-state index contributed by atoms with van der Waals surface area (Å²) in [6.07, 6.45) is 5.25. The molecule has 13 heteroatoms.